The number of benzene rings is 1. The number of fused-ring (bicyclic) bond motifs is 1. The van der Waals surface area contributed by atoms with Crippen LogP contribution in [0.2, 0.25) is 0 Å². The number of imidazole rings is 1. The summed E-state index contributed by atoms with van der Waals surface area (Å²) in [6.07, 6.45) is -1.49. The first-order valence-electron chi connectivity index (χ1n) is 7.81. The van der Waals surface area contributed by atoms with Crippen molar-refractivity contribution in [3.05, 3.63) is 47.8 Å². The van der Waals surface area contributed by atoms with E-state index in [0.717, 1.165) is 5.52 Å². The second-order valence-electron chi connectivity index (χ2n) is 6.12. The number of thiol groups is 1. The van der Waals surface area contributed by atoms with E-state index in [2.05, 4.69) is 15.0 Å². The maximum atomic E-state index is 13.2. The van der Waals surface area contributed by atoms with Crippen LogP contribution in [0.3, 0.4) is 0 Å². The minimum Gasteiger partial charge on any atom is -0.484 e. The highest BCUT2D eigenvalue weighted by atomic mass is 32.2. The summed E-state index contributed by atoms with van der Waals surface area (Å²) in [7, 11) is -2.94. The van der Waals surface area contributed by atoms with Crippen LogP contribution in [0.15, 0.2) is 41.7 Å². The van der Waals surface area contributed by atoms with Crippen LogP contribution in [0.1, 0.15) is 11.3 Å². The molecule has 0 amide bonds. The Hall–Kier alpha value is -2.42. The van der Waals surface area contributed by atoms with E-state index < -0.39 is 22.7 Å². The Kier molecular flexibility index (Phi) is 4.74. The highest BCUT2D eigenvalue weighted by molar-refractivity contribution is 8.01. The van der Waals surface area contributed by atoms with Gasteiger partial charge >= 0.3 is 6.18 Å². The average Bonchev–Trinajstić information content (AvgIpc) is 3.00. The lowest BCUT2D eigenvalue weighted by Crippen LogP contribution is -2.20. The van der Waals surface area contributed by atoms with E-state index >= 15 is 0 Å². The van der Waals surface area contributed by atoms with Gasteiger partial charge in [0.15, 0.2) is 11.8 Å². The van der Waals surface area contributed by atoms with Crippen LogP contribution in [-0.4, -0.2) is 38.2 Å². The highest BCUT2D eigenvalue weighted by Gasteiger charge is 2.29. The van der Waals surface area contributed by atoms with Crippen molar-refractivity contribution in [2.24, 2.45) is 0 Å². The molecule has 0 bridgehead atoms. The molecule has 0 aliphatic carbocycles. The molecule has 0 fully saturated rings. The Balaban J connectivity index is 1.86. The molecule has 2 aromatic heterocycles. The lowest BCUT2D eigenvalue weighted by Gasteiger charge is -2.18. The first-order valence-corrected chi connectivity index (χ1v) is 10.2. The van der Waals surface area contributed by atoms with Crippen LogP contribution >= 0.6 is 0 Å². The lowest BCUT2D eigenvalue weighted by atomic mass is 10.2. The van der Waals surface area contributed by atoms with Crippen LogP contribution < -0.4 is 4.74 Å². The molecule has 5 nitrogen and oxygen atoms in total. The summed E-state index contributed by atoms with van der Waals surface area (Å²) < 4.78 is 55.1. The summed E-state index contributed by atoms with van der Waals surface area (Å²) in [6, 6.07) is 8.69. The number of halogens is 3. The van der Waals surface area contributed by atoms with E-state index in [-0.39, 0.29) is 11.5 Å². The molecule has 3 rings (SSSR count). The van der Waals surface area contributed by atoms with Gasteiger partial charge in [0.25, 0.3) is 0 Å². The van der Waals surface area contributed by atoms with Crippen molar-refractivity contribution in [2.45, 2.75) is 24.0 Å². The van der Waals surface area contributed by atoms with E-state index in [4.69, 9.17) is 4.74 Å². The zero-order chi connectivity index (χ0) is 18.9. The van der Waals surface area contributed by atoms with Gasteiger partial charge in [-0.1, -0.05) is 12.1 Å². The number of aromatic amines is 1. The second kappa shape index (κ2) is 6.71. The predicted molar refractivity (Wildman–Crippen MR) is 94.0 cm³/mol. The molecular formula is C17H18F3N3O2S. The molecule has 1 N–H and O–H groups in total. The SMILES string of the molecule is Cc1c(OCC(F)(F)F)ccnc1C[SH](C)(=O)c1nc2ccccc2[nH]1. The molecule has 1 aromatic carbocycles. The largest absolute Gasteiger partial charge is 0.484 e. The van der Waals surface area contributed by atoms with Gasteiger partial charge in [-0.3, -0.25) is 9.19 Å². The monoisotopic (exact) mass is 385 g/mol. The van der Waals surface area contributed by atoms with Crippen molar-refractivity contribution in [3.8, 4) is 5.75 Å². The normalized spacial score (nSPS) is 13.1. The number of nitrogens with one attached hydrogen (secondary N) is 1. The molecule has 2 heterocycles. The number of rotatable bonds is 5. The van der Waals surface area contributed by atoms with Crippen LogP contribution in [-0.2, 0) is 15.7 Å². The predicted octanol–water partition coefficient (Wildman–Crippen LogP) is 3.41. The Bertz CT molecular complexity index is 952. The number of alkyl halides is 3. The number of H-pyrrole nitrogens is 1. The van der Waals surface area contributed by atoms with E-state index in [1.165, 1.54) is 12.3 Å². The van der Waals surface area contributed by atoms with Crippen molar-refractivity contribution in [2.75, 3.05) is 12.9 Å². The van der Waals surface area contributed by atoms with Crippen molar-refractivity contribution >= 4 is 21.0 Å². The number of hydrogen-bond donors (Lipinski definition) is 2. The van der Waals surface area contributed by atoms with Gasteiger partial charge < -0.3 is 9.72 Å². The third kappa shape index (κ3) is 4.04. The quantitative estimate of drug-likeness (QED) is 0.661. The number of hydrogen-bond acceptors (Lipinski definition) is 4. The average molecular weight is 385 g/mol. The Labute approximate surface area is 149 Å². The van der Waals surface area contributed by atoms with E-state index in [1.54, 1.807) is 13.2 Å². The third-order valence-electron chi connectivity index (χ3n) is 3.93. The smallest absolute Gasteiger partial charge is 0.422 e. The van der Waals surface area contributed by atoms with Gasteiger partial charge in [-0.05, 0) is 41.3 Å². The zero-order valence-corrected chi connectivity index (χ0v) is 15.1. The Morgan fingerprint density at radius 3 is 2.65 bits per heavy atom. The Morgan fingerprint density at radius 2 is 1.96 bits per heavy atom. The van der Waals surface area contributed by atoms with Crippen molar-refractivity contribution in [3.63, 3.8) is 0 Å². The van der Waals surface area contributed by atoms with Gasteiger partial charge in [0, 0.05) is 11.8 Å². The van der Waals surface area contributed by atoms with Crippen molar-refractivity contribution in [1.82, 2.24) is 15.0 Å². The number of pyridine rings is 1. The first kappa shape index (κ1) is 18.4. The number of nitrogens with zero attached hydrogens (tertiary/aromatic N) is 2. The van der Waals surface area contributed by atoms with Gasteiger partial charge in [-0.15, -0.1) is 0 Å². The standard InChI is InChI=1S/C17H18F3N3O2S/c1-11-14(21-8-7-15(11)25-10-17(18,19)20)9-26(2,24)16-22-12-5-3-4-6-13(12)23-16/h3-8,26H,9-10H2,1-2H3,(H,22,23). The van der Waals surface area contributed by atoms with Crippen molar-refractivity contribution < 1.29 is 22.1 Å². The van der Waals surface area contributed by atoms with Crippen molar-refractivity contribution in [1.29, 1.82) is 0 Å². The summed E-state index contributed by atoms with van der Waals surface area (Å²) in [6.45, 7) is 0.220. The van der Waals surface area contributed by atoms with Gasteiger partial charge in [-0.2, -0.15) is 13.2 Å². The molecule has 3 aromatic rings. The van der Waals surface area contributed by atoms with E-state index in [1.807, 2.05) is 24.3 Å². The van der Waals surface area contributed by atoms with Gasteiger partial charge in [0.05, 0.1) is 22.5 Å². The summed E-state index contributed by atoms with van der Waals surface area (Å²) in [5.41, 5.74) is 2.35. The van der Waals surface area contributed by atoms with Crippen LogP contribution in [0.5, 0.6) is 5.75 Å². The molecule has 0 saturated heterocycles. The van der Waals surface area contributed by atoms with E-state index in [9.17, 15) is 17.4 Å². The zero-order valence-electron chi connectivity index (χ0n) is 14.2. The molecular weight excluding hydrogens is 367 g/mol. The van der Waals surface area contributed by atoms with Crippen LogP contribution in [0.25, 0.3) is 11.0 Å². The first-order chi connectivity index (χ1) is 12.2. The molecule has 0 unspecified atom stereocenters. The van der Waals surface area contributed by atoms with Crippen LogP contribution in [0, 0.1) is 6.92 Å². The molecule has 0 spiro atoms. The molecule has 9 heteroatoms. The highest BCUT2D eigenvalue weighted by Crippen LogP contribution is 2.27. The summed E-state index contributed by atoms with van der Waals surface area (Å²) in [5, 5.41) is 0.363. The molecule has 140 valence electrons. The fourth-order valence-electron chi connectivity index (χ4n) is 2.56. The topological polar surface area (TPSA) is 67.9 Å². The minimum atomic E-state index is -4.43. The molecule has 0 atom stereocenters. The number of aromatic nitrogens is 3. The second-order valence-corrected chi connectivity index (χ2v) is 9.06. The van der Waals surface area contributed by atoms with Crippen LogP contribution in [0.4, 0.5) is 13.2 Å². The van der Waals surface area contributed by atoms with Gasteiger partial charge in [-0.25, -0.2) is 4.98 Å². The maximum Gasteiger partial charge on any atom is 0.422 e. The molecule has 26 heavy (non-hydrogen) atoms. The van der Waals surface area contributed by atoms with Gasteiger partial charge in [0.2, 0.25) is 0 Å². The fraction of sp³-hybridized carbons (Fsp3) is 0.294. The molecule has 0 aliphatic rings. The summed E-state index contributed by atoms with van der Waals surface area (Å²) in [4.78, 5) is 11.6. The van der Waals surface area contributed by atoms with Gasteiger partial charge in [0.1, 0.15) is 5.75 Å². The number of para-hydroxylation sites is 2. The summed E-state index contributed by atoms with van der Waals surface area (Å²) in [5.74, 6) is 0.152. The minimum absolute atomic E-state index is 0.0713. The third-order valence-corrected chi connectivity index (χ3v) is 5.94. The molecule has 0 aliphatic heterocycles. The lowest BCUT2D eigenvalue weighted by molar-refractivity contribution is -0.153. The molecule has 0 radical (unpaired) electrons. The summed E-state index contributed by atoms with van der Waals surface area (Å²) >= 11 is 0. The fourth-order valence-corrected chi connectivity index (χ4v) is 4.27. The Morgan fingerprint density at radius 1 is 1.23 bits per heavy atom. The number of ether oxygens (including phenoxy) is 1. The molecule has 0 saturated carbocycles. The van der Waals surface area contributed by atoms with E-state index in [0.29, 0.717) is 21.9 Å². The maximum absolute atomic E-state index is 13.2.